The number of benzene rings is 1. The van der Waals surface area contributed by atoms with Gasteiger partial charge in [0.1, 0.15) is 5.75 Å². The topological polar surface area (TPSA) is 75.6 Å². The van der Waals surface area contributed by atoms with Crippen molar-refractivity contribution in [3.8, 4) is 5.75 Å². The third-order valence-electron chi connectivity index (χ3n) is 3.08. The number of carbonyl (C=O) groups is 2. The number of carbonyl (C=O) groups excluding carboxylic acids is 1. The molecule has 1 atom stereocenters. The maximum Gasteiger partial charge on any atom is 0.308 e. The van der Waals surface area contributed by atoms with E-state index in [1.54, 1.807) is 7.11 Å². The van der Waals surface area contributed by atoms with Crippen LogP contribution in [-0.4, -0.2) is 36.4 Å². The molecule has 0 aromatic heterocycles. The van der Waals surface area contributed by atoms with Gasteiger partial charge in [0.2, 0.25) is 5.91 Å². The van der Waals surface area contributed by atoms with Gasteiger partial charge in [-0.3, -0.25) is 9.59 Å². The maximum absolute atomic E-state index is 11.8. The number of rotatable bonds is 9. The Hall–Kier alpha value is -1.69. The van der Waals surface area contributed by atoms with E-state index in [9.17, 15) is 9.59 Å². The molecule has 6 heteroatoms. The van der Waals surface area contributed by atoms with Crippen LogP contribution in [0.15, 0.2) is 29.2 Å². The number of nitrogens with one attached hydrogen (secondary N) is 1. The lowest BCUT2D eigenvalue weighted by atomic mass is 9.97. The predicted molar refractivity (Wildman–Crippen MR) is 87.3 cm³/mol. The highest BCUT2D eigenvalue weighted by Crippen LogP contribution is 2.21. The Morgan fingerprint density at radius 3 is 2.41 bits per heavy atom. The van der Waals surface area contributed by atoms with Gasteiger partial charge in [-0.15, -0.1) is 11.8 Å². The van der Waals surface area contributed by atoms with E-state index in [-0.39, 0.29) is 24.1 Å². The van der Waals surface area contributed by atoms with Crippen molar-refractivity contribution in [2.45, 2.75) is 25.2 Å². The summed E-state index contributed by atoms with van der Waals surface area (Å²) in [5.74, 6) is -0.235. The SMILES string of the molecule is COc1ccc(SCC(=O)NCC(CC(C)C)C(=O)O)cc1. The first-order valence-corrected chi connectivity index (χ1v) is 8.17. The average Bonchev–Trinajstić information content (AvgIpc) is 2.49. The normalized spacial score (nSPS) is 12.0. The number of thioether (sulfide) groups is 1. The second kappa shape index (κ2) is 9.35. The van der Waals surface area contributed by atoms with Crippen molar-refractivity contribution in [2.24, 2.45) is 11.8 Å². The minimum absolute atomic E-state index is 0.157. The van der Waals surface area contributed by atoms with Gasteiger partial charge in [-0.05, 0) is 36.6 Å². The van der Waals surface area contributed by atoms with Crippen LogP contribution in [0.25, 0.3) is 0 Å². The molecule has 5 nitrogen and oxygen atoms in total. The fraction of sp³-hybridized carbons (Fsp3) is 0.500. The van der Waals surface area contributed by atoms with E-state index in [0.29, 0.717) is 6.42 Å². The number of amides is 1. The Morgan fingerprint density at radius 2 is 1.91 bits per heavy atom. The summed E-state index contributed by atoms with van der Waals surface area (Å²) in [6.45, 7) is 4.12. The fourth-order valence-corrected chi connectivity index (χ4v) is 2.68. The minimum atomic E-state index is -0.864. The molecule has 122 valence electrons. The van der Waals surface area contributed by atoms with E-state index in [0.717, 1.165) is 10.6 Å². The van der Waals surface area contributed by atoms with Crippen LogP contribution < -0.4 is 10.1 Å². The molecular weight excluding hydrogens is 302 g/mol. The van der Waals surface area contributed by atoms with Crippen molar-refractivity contribution >= 4 is 23.6 Å². The first kappa shape index (κ1) is 18.4. The molecule has 0 spiro atoms. The molecule has 0 fully saturated rings. The zero-order chi connectivity index (χ0) is 16.5. The van der Waals surface area contributed by atoms with Gasteiger partial charge in [0.15, 0.2) is 0 Å². The Morgan fingerprint density at radius 1 is 1.27 bits per heavy atom. The van der Waals surface area contributed by atoms with Crippen molar-refractivity contribution in [1.82, 2.24) is 5.32 Å². The van der Waals surface area contributed by atoms with Crippen LogP contribution in [0.3, 0.4) is 0 Å². The van der Waals surface area contributed by atoms with Gasteiger partial charge in [0, 0.05) is 11.4 Å². The molecule has 1 rings (SSSR count). The molecule has 1 aromatic rings. The number of carboxylic acid groups (broad SMARTS) is 1. The molecule has 0 aliphatic rings. The van der Waals surface area contributed by atoms with E-state index in [2.05, 4.69) is 5.32 Å². The highest BCUT2D eigenvalue weighted by atomic mass is 32.2. The van der Waals surface area contributed by atoms with Gasteiger partial charge in [-0.25, -0.2) is 0 Å². The molecule has 1 unspecified atom stereocenters. The number of ether oxygens (including phenoxy) is 1. The highest BCUT2D eigenvalue weighted by Gasteiger charge is 2.19. The summed E-state index contributed by atoms with van der Waals surface area (Å²) in [4.78, 5) is 23.9. The number of carboxylic acids is 1. The van der Waals surface area contributed by atoms with Gasteiger partial charge < -0.3 is 15.2 Å². The summed E-state index contributed by atoms with van der Waals surface area (Å²) >= 11 is 1.41. The van der Waals surface area contributed by atoms with Crippen molar-refractivity contribution in [3.05, 3.63) is 24.3 Å². The quantitative estimate of drug-likeness (QED) is 0.683. The van der Waals surface area contributed by atoms with E-state index in [1.807, 2.05) is 38.1 Å². The minimum Gasteiger partial charge on any atom is -0.497 e. The summed E-state index contributed by atoms with van der Waals surface area (Å²) in [5, 5.41) is 11.8. The lowest BCUT2D eigenvalue weighted by Gasteiger charge is -2.15. The van der Waals surface area contributed by atoms with Gasteiger partial charge in [0.05, 0.1) is 18.8 Å². The van der Waals surface area contributed by atoms with Crippen molar-refractivity contribution < 1.29 is 19.4 Å². The monoisotopic (exact) mass is 325 g/mol. The van der Waals surface area contributed by atoms with E-state index in [4.69, 9.17) is 9.84 Å². The van der Waals surface area contributed by atoms with Crippen LogP contribution in [-0.2, 0) is 9.59 Å². The molecule has 2 N–H and O–H groups in total. The molecule has 0 saturated heterocycles. The van der Waals surface area contributed by atoms with Gasteiger partial charge in [-0.1, -0.05) is 13.8 Å². The molecule has 0 saturated carbocycles. The Labute approximate surface area is 135 Å². The first-order chi connectivity index (χ1) is 10.4. The molecule has 22 heavy (non-hydrogen) atoms. The lowest BCUT2D eigenvalue weighted by Crippen LogP contribution is -2.34. The second-order valence-corrected chi connectivity index (χ2v) is 6.48. The Kier molecular flexibility index (Phi) is 7.80. The molecule has 0 heterocycles. The summed E-state index contributed by atoms with van der Waals surface area (Å²) in [7, 11) is 1.60. The van der Waals surface area contributed by atoms with Gasteiger partial charge in [0.25, 0.3) is 0 Å². The predicted octanol–water partition coefficient (Wildman–Crippen LogP) is 2.65. The molecule has 0 aliphatic heterocycles. The van der Waals surface area contributed by atoms with Crippen LogP contribution in [0.2, 0.25) is 0 Å². The number of hydrogen-bond acceptors (Lipinski definition) is 4. The third-order valence-corrected chi connectivity index (χ3v) is 4.09. The summed E-state index contributed by atoms with van der Waals surface area (Å²) < 4.78 is 5.07. The zero-order valence-electron chi connectivity index (χ0n) is 13.2. The number of methoxy groups -OCH3 is 1. The van der Waals surface area contributed by atoms with Crippen LogP contribution in [0, 0.1) is 11.8 Å². The van der Waals surface area contributed by atoms with Crippen LogP contribution in [0.1, 0.15) is 20.3 Å². The lowest BCUT2D eigenvalue weighted by molar-refractivity contribution is -0.142. The maximum atomic E-state index is 11.8. The van der Waals surface area contributed by atoms with E-state index >= 15 is 0 Å². The smallest absolute Gasteiger partial charge is 0.308 e. The summed E-state index contributed by atoms with van der Waals surface area (Å²) in [6.07, 6.45) is 0.557. The van der Waals surface area contributed by atoms with Crippen molar-refractivity contribution in [3.63, 3.8) is 0 Å². The number of hydrogen-bond donors (Lipinski definition) is 2. The van der Waals surface area contributed by atoms with Crippen molar-refractivity contribution in [1.29, 1.82) is 0 Å². The van der Waals surface area contributed by atoms with E-state index in [1.165, 1.54) is 11.8 Å². The highest BCUT2D eigenvalue weighted by molar-refractivity contribution is 8.00. The largest absolute Gasteiger partial charge is 0.497 e. The van der Waals surface area contributed by atoms with Crippen molar-refractivity contribution in [2.75, 3.05) is 19.4 Å². The standard InChI is InChI=1S/C16H23NO4S/c1-11(2)8-12(16(19)20)9-17-15(18)10-22-14-6-4-13(21-3)5-7-14/h4-7,11-12H,8-10H2,1-3H3,(H,17,18)(H,19,20). The zero-order valence-corrected chi connectivity index (χ0v) is 14.0. The molecule has 0 aliphatic carbocycles. The molecule has 1 amide bonds. The number of aliphatic carboxylic acids is 1. The summed E-state index contributed by atoms with van der Waals surface area (Å²) in [6, 6.07) is 7.44. The molecule has 1 aromatic carbocycles. The van der Waals surface area contributed by atoms with Gasteiger partial charge in [-0.2, -0.15) is 0 Å². The second-order valence-electron chi connectivity index (χ2n) is 5.43. The van der Waals surface area contributed by atoms with E-state index < -0.39 is 11.9 Å². The molecular formula is C16H23NO4S. The Balaban J connectivity index is 2.37. The average molecular weight is 325 g/mol. The first-order valence-electron chi connectivity index (χ1n) is 7.18. The van der Waals surface area contributed by atoms with Crippen LogP contribution in [0.4, 0.5) is 0 Å². The molecule has 0 radical (unpaired) electrons. The fourth-order valence-electron chi connectivity index (χ4n) is 1.95. The summed E-state index contributed by atoms with van der Waals surface area (Å²) in [5.41, 5.74) is 0. The van der Waals surface area contributed by atoms with Crippen LogP contribution in [0.5, 0.6) is 5.75 Å². The van der Waals surface area contributed by atoms with Gasteiger partial charge >= 0.3 is 5.97 Å². The molecule has 0 bridgehead atoms. The van der Waals surface area contributed by atoms with Crippen LogP contribution >= 0.6 is 11.8 Å². The third kappa shape index (κ3) is 6.85. The Bertz CT molecular complexity index is 487.